The second-order valence-corrected chi connectivity index (χ2v) is 6.22. The standard InChI is InChI=1S/C15H16ClNO3S/c1-17(9-13-7-8-14(16)21-13)15(18)10-20-12-5-3-11(19-2)4-6-12/h3-8H,9-10H2,1-2H3. The molecular weight excluding hydrogens is 310 g/mol. The van der Waals surface area contributed by atoms with Gasteiger partial charge in [-0.1, -0.05) is 11.6 Å². The molecule has 112 valence electrons. The quantitative estimate of drug-likeness (QED) is 0.816. The Hall–Kier alpha value is -1.72. The van der Waals surface area contributed by atoms with Gasteiger partial charge in [-0.2, -0.15) is 0 Å². The molecule has 0 radical (unpaired) electrons. The van der Waals surface area contributed by atoms with Crippen molar-refractivity contribution in [3.63, 3.8) is 0 Å². The second kappa shape index (κ2) is 7.33. The third kappa shape index (κ3) is 4.65. The lowest BCUT2D eigenvalue weighted by Crippen LogP contribution is -2.30. The Morgan fingerprint density at radius 1 is 1.19 bits per heavy atom. The maximum Gasteiger partial charge on any atom is 0.260 e. The van der Waals surface area contributed by atoms with Crippen LogP contribution in [0.2, 0.25) is 4.34 Å². The van der Waals surface area contributed by atoms with Gasteiger partial charge >= 0.3 is 0 Å². The summed E-state index contributed by atoms with van der Waals surface area (Å²) >= 11 is 7.34. The number of methoxy groups -OCH3 is 1. The minimum Gasteiger partial charge on any atom is -0.497 e. The first-order valence-corrected chi connectivity index (χ1v) is 7.53. The van der Waals surface area contributed by atoms with Gasteiger partial charge in [-0.3, -0.25) is 4.79 Å². The van der Waals surface area contributed by atoms with Crippen molar-refractivity contribution < 1.29 is 14.3 Å². The zero-order valence-electron chi connectivity index (χ0n) is 11.8. The molecular formula is C15H16ClNO3S. The van der Waals surface area contributed by atoms with Crippen molar-refractivity contribution in [2.75, 3.05) is 20.8 Å². The molecule has 1 aromatic carbocycles. The highest BCUT2D eigenvalue weighted by Gasteiger charge is 2.11. The van der Waals surface area contributed by atoms with E-state index in [2.05, 4.69) is 0 Å². The van der Waals surface area contributed by atoms with E-state index in [-0.39, 0.29) is 12.5 Å². The van der Waals surface area contributed by atoms with Crippen LogP contribution in [-0.4, -0.2) is 31.6 Å². The van der Waals surface area contributed by atoms with Crippen molar-refractivity contribution in [2.45, 2.75) is 6.54 Å². The van der Waals surface area contributed by atoms with Gasteiger partial charge in [0.2, 0.25) is 0 Å². The molecule has 0 saturated carbocycles. The Labute approximate surface area is 132 Å². The molecule has 0 atom stereocenters. The molecule has 0 saturated heterocycles. The van der Waals surface area contributed by atoms with Gasteiger partial charge in [-0.15, -0.1) is 11.3 Å². The van der Waals surface area contributed by atoms with E-state index >= 15 is 0 Å². The van der Waals surface area contributed by atoms with Crippen molar-refractivity contribution in [3.05, 3.63) is 45.6 Å². The highest BCUT2D eigenvalue weighted by Crippen LogP contribution is 2.22. The van der Waals surface area contributed by atoms with Crippen LogP contribution in [0.1, 0.15) is 4.88 Å². The fourth-order valence-corrected chi connectivity index (χ4v) is 2.83. The monoisotopic (exact) mass is 325 g/mol. The number of hydrogen-bond acceptors (Lipinski definition) is 4. The van der Waals surface area contributed by atoms with Gasteiger partial charge in [0.05, 0.1) is 18.0 Å². The molecule has 1 aromatic heterocycles. The maximum absolute atomic E-state index is 12.0. The van der Waals surface area contributed by atoms with Gasteiger partial charge < -0.3 is 14.4 Å². The topological polar surface area (TPSA) is 38.8 Å². The highest BCUT2D eigenvalue weighted by molar-refractivity contribution is 7.16. The number of thiophene rings is 1. The lowest BCUT2D eigenvalue weighted by molar-refractivity contribution is -0.132. The molecule has 0 N–H and O–H groups in total. The normalized spacial score (nSPS) is 10.2. The number of likely N-dealkylation sites (N-methyl/N-ethyl adjacent to an activating group) is 1. The summed E-state index contributed by atoms with van der Waals surface area (Å²) in [6.45, 7) is 0.532. The first-order valence-electron chi connectivity index (χ1n) is 6.33. The maximum atomic E-state index is 12.0. The van der Waals surface area contributed by atoms with Crippen LogP contribution < -0.4 is 9.47 Å². The Kier molecular flexibility index (Phi) is 5.47. The number of nitrogens with zero attached hydrogens (tertiary/aromatic N) is 1. The van der Waals surface area contributed by atoms with E-state index in [1.54, 1.807) is 43.3 Å². The zero-order valence-corrected chi connectivity index (χ0v) is 13.4. The fraction of sp³-hybridized carbons (Fsp3) is 0.267. The first-order chi connectivity index (χ1) is 10.1. The number of ether oxygens (including phenoxy) is 2. The number of carbonyl (C=O) groups is 1. The fourth-order valence-electron chi connectivity index (χ4n) is 1.69. The highest BCUT2D eigenvalue weighted by atomic mass is 35.5. The van der Waals surface area contributed by atoms with Crippen LogP contribution in [0.5, 0.6) is 11.5 Å². The summed E-state index contributed by atoms with van der Waals surface area (Å²) < 4.78 is 11.2. The molecule has 0 spiro atoms. The van der Waals surface area contributed by atoms with Crippen molar-refractivity contribution in [1.82, 2.24) is 4.90 Å². The van der Waals surface area contributed by atoms with E-state index < -0.39 is 0 Å². The van der Waals surface area contributed by atoms with E-state index in [1.165, 1.54) is 11.3 Å². The zero-order chi connectivity index (χ0) is 15.2. The molecule has 0 aliphatic carbocycles. The van der Waals surface area contributed by atoms with E-state index in [9.17, 15) is 4.79 Å². The van der Waals surface area contributed by atoms with E-state index in [0.29, 0.717) is 12.3 Å². The van der Waals surface area contributed by atoms with Crippen LogP contribution in [0.15, 0.2) is 36.4 Å². The van der Waals surface area contributed by atoms with Gasteiger partial charge in [0.1, 0.15) is 11.5 Å². The van der Waals surface area contributed by atoms with Crippen molar-refractivity contribution in [1.29, 1.82) is 0 Å². The molecule has 0 fully saturated rings. The summed E-state index contributed by atoms with van der Waals surface area (Å²) in [7, 11) is 3.35. The Morgan fingerprint density at radius 3 is 2.43 bits per heavy atom. The number of halogens is 1. The van der Waals surface area contributed by atoms with E-state index in [1.807, 2.05) is 12.1 Å². The smallest absolute Gasteiger partial charge is 0.260 e. The predicted octanol–water partition coefficient (Wildman–Crippen LogP) is 3.45. The third-order valence-electron chi connectivity index (χ3n) is 2.87. The second-order valence-electron chi connectivity index (χ2n) is 4.42. The lowest BCUT2D eigenvalue weighted by atomic mass is 10.3. The molecule has 0 aliphatic rings. The minimum absolute atomic E-state index is 0.00192. The van der Waals surface area contributed by atoms with Crippen LogP contribution in [0.4, 0.5) is 0 Å². The molecule has 4 nitrogen and oxygen atoms in total. The third-order valence-corrected chi connectivity index (χ3v) is 4.09. The molecule has 21 heavy (non-hydrogen) atoms. The Bertz CT molecular complexity index is 597. The van der Waals surface area contributed by atoms with Gasteiger partial charge in [0, 0.05) is 11.9 Å². The van der Waals surface area contributed by atoms with Gasteiger partial charge in [0.25, 0.3) is 5.91 Å². The number of carbonyl (C=O) groups excluding carboxylic acids is 1. The van der Waals surface area contributed by atoms with Gasteiger partial charge in [0.15, 0.2) is 6.61 Å². The summed E-state index contributed by atoms with van der Waals surface area (Å²) in [4.78, 5) is 14.7. The van der Waals surface area contributed by atoms with Gasteiger partial charge in [-0.05, 0) is 36.4 Å². The molecule has 0 unspecified atom stereocenters. The average Bonchev–Trinajstić information content (AvgIpc) is 2.90. The van der Waals surface area contributed by atoms with Crippen LogP contribution in [0.25, 0.3) is 0 Å². The average molecular weight is 326 g/mol. The summed E-state index contributed by atoms with van der Waals surface area (Å²) in [5, 5.41) is 0. The number of benzene rings is 1. The number of amides is 1. The molecule has 1 heterocycles. The lowest BCUT2D eigenvalue weighted by Gasteiger charge is -2.16. The van der Waals surface area contributed by atoms with Crippen molar-refractivity contribution in [2.24, 2.45) is 0 Å². The summed E-state index contributed by atoms with van der Waals surface area (Å²) in [5.74, 6) is 1.30. The van der Waals surface area contributed by atoms with Gasteiger partial charge in [-0.25, -0.2) is 0 Å². The van der Waals surface area contributed by atoms with Crippen molar-refractivity contribution in [3.8, 4) is 11.5 Å². The summed E-state index contributed by atoms with van der Waals surface area (Å²) in [5.41, 5.74) is 0. The van der Waals surface area contributed by atoms with Crippen LogP contribution in [-0.2, 0) is 11.3 Å². The SMILES string of the molecule is COc1ccc(OCC(=O)N(C)Cc2ccc(Cl)s2)cc1. The molecule has 0 aliphatic heterocycles. The largest absolute Gasteiger partial charge is 0.497 e. The van der Waals surface area contributed by atoms with Crippen LogP contribution >= 0.6 is 22.9 Å². The molecule has 6 heteroatoms. The van der Waals surface area contributed by atoms with Crippen LogP contribution in [0.3, 0.4) is 0 Å². The number of hydrogen-bond donors (Lipinski definition) is 0. The molecule has 2 aromatic rings. The van der Waals surface area contributed by atoms with E-state index in [0.717, 1.165) is 15.0 Å². The minimum atomic E-state index is -0.0876. The Balaban J connectivity index is 1.82. The first kappa shape index (κ1) is 15.7. The van der Waals surface area contributed by atoms with Crippen LogP contribution in [0, 0.1) is 0 Å². The van der Waals surface area contributed by atoms with E-state index in [4.69, 9.17) is 21.1 Å². The molecule has 2 rings (SSSR count). The number of rotatable bonds is 6. The summed E-state index contributed by atoms with van der Waals surface area (Å²) in [6, 6.07) is 10.9. The molecule has 1 amide bonds. The Morgan fingerprint density at radius 2 is 1.86 bits per heavy atom. The van der Waals surface area contributed by atoms with Crippen molar-refractivity contribution >= 4 is 28.8 Å². The summed E-state index contributed by atoms with van der Waals surface area (Å²) in [6.07, 6.45) is 0. The predicted molar refractivity (Wildman–Crippen MR) is 84.3 cm³/mol. The molecule has 0 bridgehead atoms.